The molecule has 0 saturated heterocycles. The Morgan fingerprint density at radius 3 is 2.77 bits per heavy atom. The monoisotopic (exact) mass is 427 g/mol. The van der Waals surface area contributed by atoms with Gasteiger partial charge in [-0.25, -0.2) is 4.98 Å². The number of ether oxygens (including phenoxy) is 1. The summed E-state index contributed by atoms with van der Waals surface area (Å²) in [6.45, 7) is 0.396. The molecule has 0 unspecified atom stereocenters. The van der Waals surface area contributed by atoms with Crippen molar-refractivity contribution >= 4 is 21.6 Å². The van der Waals surface area contributed by atoms with Gasteiger partial charge in [0.15, 0.2) is 0 Å². The summed E-state index contributed by atoms with van der Waals surface area (Å²) in [5.74, 6) is 1.54. The molecule has 0 radical (unpaired) electrons. The lowest BCUT2D eigenvalue weighted by Gasteiger charge is -2.14. The standard InChI is InChI=1S/C25H21N3O2S/c1-30-19-10-8-16(9-11-19)13-22-27-24-23(20-6-3-7-21(20)31-24)25(29)28(22)15-18-5-2-4-17(12-18)14-26/h2,4-5,8-12H,3,6-7,13,15H2,1H3. The maximum atomic E-state index is 13.7. The summed E-state index contributed by atoms with van der Waals surface area (Å²) in [5.41, 5.74) is 3.79. The minimum Gasteiger partial charge on any atom is -0.497 e. The Kier molecular flexibility index (Phi) is 5.05. The van der Waals surface area contributed by atoms with E-state index in [-0.39, 0.29) is 5.56 Å². The van der Waals surface area contributed by atoms with Crippen molar-refractivity contribution in [3.63, 3.8) is 0 Å². The molecule has 5 rings (SSSR count). The first-order valence-corrected chi connectivity index (χ1v) is 11.1. The van der Waals surface area contributed by atoms with Gasteiger partial charge < -0.3 is 4.74 Å². The van der Waals surface area contributed by atoms with Crippen LogP contribution in [0.3, 0.4) is 0 Å². The molecule has 1 aliphatic rings. The summed E-state index contributed by atoms with van der Waals surface area (Å²) >= 11 is 1.66. The molecule has 0 fully saturated rings. The van der Waals surface area contributed by atoms with Crippen LogP contribution in [0.5, 0.6) is 5.75 Å². The topological polar surface area (TPSA) is 67.9 Å². The van der Waals surface area contributed by atoms with Crippen LogP contribution < -0.4 is 10.3 Å². The molecule has 0 N–H and O–H groups in total. The molecule has 0 aliphatic heterocycles. The molecule has 2 heterocycles. The molecule has 0 bridgehead atoms. The van der Waals surface area contributed by atoms with Crippen LogP contribution >= 0.6 is 11.3 Å². The predicted molar refractivity (Wildman–Crippen MR) is 122 cm³/mol. The van der Waals surface area contributed by atoms with Crippen molar-refractivity contribution in [2.45, 2.75) is 32.2 Å². The van der Waals surface area contributed by atoms with Gasteiger partial charge in [-0.05, 0) is 60.2 Å². The Bertz CT molecular complexity index is 1380. The van der Waals surface area contributed by atoms with Gasteiger partial charge in [0.1, 0.15) is 16.4 Å². The Balaban J connectivity index is 1.64. The molecule has 0 amide bonds. The number of aromatic nitrogens is 2. The number of hydrogen-bond acceptors (Lipinski definition) is 5. The molecule has 0 saturated carbocycles. The summed E-state index contributed by atoms with van der Waals surface area (Å²) < 4.78 is 7.05. The molecular formula is C25H21N3O2S. The highest BCUT2D eigenvalue weighted by Crippen LogP contribution is 2.35. The van der Waals surface area contributed by atoms with E-state index in [1.807, 2.05) is 42.5 Å². The van der Waals surface area contributed by atoms with Gasteiger partial charge in [0.25, 0.3) is 5.56 Å². The molecule has 0 atom stereocenters. The van der Waals surface area contributed by atoms with Gasteiger partial charge in [0.2, 0.25) is 0 Å². The minimum atomic E-state index is 0.0234. The van der Waals surface area contributed by atoms with Crippen molar-refractivity contribution in [1.29, 1.82) is 5.26 Å². The zero-order valence-corrected chi connectivity index (χ0v) is 18.0. The van der Waals surface area contributed by atoms with E-state index >= 15 is 0 Å². The quantitative estimate of drug-likeness (QED) is 0.471. The first-order valence-electron chi connectivity index (χ1n) is 10.3. The zero-order valence-electron chi connectivity index (χ0n) is 17.2. The molecule has 5 nitrogen and oxygen atoms in total. The van der Waals surface area contributed by atoms with Gasteiger partial charge in [-0.3, -0.25) is 9.36 Å². The fourth-order valence-corrected chi connectivity index (χ4v) is 5.54. The smallest absolute Gasteiger partial charge is 0.262 e. The summed E-state index contributed by atoms with van der Waals surface area (Å²) in [6.07, 6.45) is 3.64. The average molecular weight is 428 g/mol. The first-order chi connectivity index (χ1) is 15.2. The van der Waals surface area contributed by atoms with Gasteiger partial charge >= 0.3 is 0 Å². The molecule has 0 spiro atoms. The lowest BCUT2D eigenvalue weighted by atomic mass is 10.1. The van der Waals surface area contributed by atoms with E-state index in [0.717, 1.165) is 52.2 Å². The van der Waals surface area contributed by atoms with Crippen molar-refractivity contribution in [2.24, 2.45) is 0 Å². The Morgan fingerprint density at radius 2 is 2.00 bits per heavy atom. The van der Waals surface area contributed by atoms with Gasteiger partial charge in [0, 0.05) is 11.3 Å². The predicted octanol–water partition coefficient (Wildman–Crippen LogP) is 4.47. The first kappa shape index (κ1) is 19.5. The summed E-state index contributed by atoms with van der Waals surface area (Å²) in [6, 6.07) is 17.5. The van der Waals surface area contributed by atoms with Crippen LogP contribution in [0.2, 0.25) is 0 Å². The van der Waals surface area contributed by atoms with Crippen molar-refractivity contribution in [3.8, 4) is 11.8 Å². The van der Waals surface area contributed by atoms with Gasteiger partial charge in [-0.2, -0.15) is 5.26 Å². The fourth-order valence-electron chi connectivity index (χ4n) is 4.26. The van der Waals surface area contributed by atoms with E-state index in [4.69, 9.17) is 9.72 Å². The van der Waals surface area contributed by atoms with E-state index in [2.05, 4.69) is 6.07 Å². The van der Waals surface area contributed by atoms with E-state index in [1.165, 1.54) is 10.4 Å². The van der Waals surface area contributed by atoms with Crippen molar-refractivity contribution in [2.75, 3.05) is 7.11 Å². The summed E-state index contributed by atoms with van der Waals surface area (Å²) in [5, 5.41) is 10.0. The summed E-state index contributed by atoms with van der Waals surface area (Å²) in [4.78, 5) is 20.8. The van der Waals surface area contributed by atoms with E-state index in [9.17, 15) is 10.1 Å². The fraction of sp³-hybridized carbons (Fsp3) is 0.240. The number of rotatable bonds is 5. The third kappa shape index (κ3) is 3.62. The van der Waals surface area contributed by atoms with Crippen LogP contribution in [0.15, 0.2) is 53.3 Å². The highest BCUT2D eigenvalue weighted by atomic mass is 32.1. The minimum absolute atomic E-state index is 0.0234. The van der Waals surface area contributed by atoms with Crippen LogP contribution in [-0.4, -0.2) is 16.7 Å². The maximum absolute atomic E-state index is 13.7. The Hall–Kier alpha value is -3.43. The SMILES string of the molecule is COc1ccc(Cc2nc3sc4c(c3c(=O)n2Cc2cccc(C#N)c2)CCC4)cc1. The number of fused-ring (bicyclic) bond motifs is 3. The lowest BCUT2D eigenvalue weighted by molar-refractivity contribution is 0.414. The van der Waals surface area contributed by atoms with Gasteiger partial charge in [-0.15, -0.1) is 11.3 Å². The Morgan fingerprint density at radius 1 is 1.16 bits per heavy atom. The van der Waals surface area contributed by atoms with Gasteiger partial charge in [-0.1, -0.05) is 24.3 Å². The van der Waals surface area contributed by atoms with E-state index in [1.54, 1.807) is 29.1 Å². The molecule has 154 valence electrons. The Labute approximate surface area is 184 Å². The van der Waals surface area contributed by atoms with Crippen molar-refractivity contribution in [3.05, 3.63) is 91.8 Å². The number of methoxy groups -OCH3 is 1. The molecule has 4 aromatic rings. The molecule has 6 heteroatoms. The van der Waals surface area contributed by atoms with E-state index < -0.39 is 0 Å². The second kappa shape index (κ2) is 8.01. The van der Waals surface area contributed by atoms with Crippen LogP contribution in [0.1, 0.15) is 39.4 Å². The second-order valence-corrected chi connectivity index (χ2v) is 8.88. The number of benzene rings is 2. The zero-order chi connectivity index (χ0) is 21.4. The number of nitriles is 1. The maximum Gasteiger partial charge on any atom is 0.262 e. The highest BCUT2D eigenvalue weighted by molar-refractivity contribution is 7.18. The van der Waals surface area contributed by atoms with Crippen LogP contribution in [0.4, 0.5) is 0 Å². The van der Waals surface area contributed by atoms with Gasteiger partial charge in [0.05, 0.1) is 30.7 Å². The molecule has 2 aromatic heterocycles. The number of nitrogens with zero attached hydrogens (tertiary/aromatic N) is 3. The molecule has 31 heavy (non-hydrogen) atoms. The third-order valence-corrected chi connectivity index (χ3v) is 7.01. The lowest BCUT2D eigenvalue weighted by Crippen LogP contribution is -2.26. The number of aryl methyl sites for hydroxylation is 2. The van der Waals surface area contributed by atoms with Crippen molar-refractivity contribution < 1.29 is 4.74 Å². The molecule has 2 aromatic carbocycles. The molecule has 1 aliphatic carbocycles. The third-order valence-electron chi connectivity index (χ3n) is 5.82. The average Bonchev–Trinajstić information content (AvgIpc) is 3.38. The van der Waals surface area contributed by atoms with Crippen LogP contribution in [0.25, 0.3) is 10.2 Å². The highest BCUT2D eigenvalue weighted by Gasteiger charge is 2.23. The van der Waals surface area contributed by atoms with Crippen LogP contribution in [0, 0.1) is 11.3 Å². The van der Waals surface area contributed by atoms with E-state index in [0.29, 0.717) is 18.5 Å². The summed E-state index contributed by atoms with van der Waals surface area (Å²) in [7, 11) is 1.65. The van der Waals surface area contributed by atoms with Crippen molar-refractivity contribution in [1.82, 2.24) is 9.55 Å². The largest absolute Gasteiger partial charge is 0.497 e. The normalized spacial score (nSPS) is 12.6. The second-order valence-electron chi connectivity index (χ2n) is 7.79. The number of thiophene rings is 1. The number of hydrogen-bond donors (Lipinski definition) is 0. The van der Waals surface area contributed by atoms with Crippen LogP contribution in [-0.2, 0) is 25.8 Å². The molecular weight excluding hydrogens is 406 g/mol.